The van der Waals surface area contributed by atoms with Gasteiger partial charge in [-0.1, -0.05) is 32.4 Å². The van der Waals surface area contributed by atoms with Gasteiger partial charge in [-0.15, -0.1) is 0 Å². The standard InChI is InChI=1S/C20H23BrClFN4O4/c1-10(28)31-9-14-24-17-11(7-12(22)15(21)16(17)23)18(25-14)26-5-6-27(19(29)30)13(8-26)20(2,3)4/h7,13H,5-6,8-9H2,1-4H3,(H,29,30). The zero-order valence-electron chi connectivity index (χ0n) is 17.6. The van der Waals surface area contributed by atoms with E-state index in [-0.39, 0.29) is 45.4 Å². The molecule has 0 spiro atoms. The number of ether oxygens (including phenoxy) is 1. The van der Waals surface area contributed by atoms with Crippen LogP contribution in [0.15, 0.2) is 10.5 Å². The minimum Gasteiger partial charge on any atom is -0.465 e. The first-order valence-electron chi connectivity index (χ1n) is 9.62. The first-order valence-corrected chi connectivity index (χ1v) is 10.8. The predicted octanol–water partition coefficient (Wildman–Crippen LogP) is 4.46. The summed E-state index contributed by atoms with van der Waals surface area (Å²) in [5.41, 5.74) is -0.303. The van der Waals surface area contributed by atoms with Crippen molar-refractivity contribution in [3.8, 4) is 0 Å². The molecule has 1 saturated heterocycles. The van der Waals surface area contributed by atoms with Crippen LogP contribution in [0.2, 0.25) is 5.02 Å². The molecule has 0 bridgehead atoms. The molecular formula is C20H23BrClFN4O4. The maximum Gasteiger partial charge on any atom is 0.407 e. The SMILES string of the molecule is CC(=O)OCc1nc(N2CCN(C(=O)O)C(C(C)(C)C)C2)c2cc(Cl)c(Br)c(F)c2n1. The fourth-order valence-electron chi connectivity index (χ4n) is 3.62. The van der Waals surface area contributed by atoms with Crippen LogP contribution in [0.3, 0.4) is 0 Å². The second-order valence-corrected chi connectivity index (χ2v) is 9.63. The number of benzene rings is 1. The Hall–Kier alpha value is -2.20. The van der Waals surface area contributed by atoms with E-state index in [1.54, 1.807) is 6.07 Å². The minimum atomic E-state index is -0.985. The average molecular weight is 518 g/mol. The van der Waals surface area contributed by atoms with Crippen molar-refractivity contribution in [2.45, 2.75) is 40.3 Å². The molecule has 1 aliphatic heterocycles. The molecule has 2 aromatic rings. The van der Waals surface area contributed by atoms with Gasteiger partial charge in [0, 0.05) is 31.9 Å². The summed E-state index contributed by atoms with van der Waals surface area (Å²) in [6.07, 6.45) is -0.985. The molecule has 1 N–H and O–H groups in total. The van der Waals surface area contributed by atoms with Crippen molar-refractivity contribution >= 4 is 56.3 Å². The van der Waals surface area contributed by atoms with Gasteiger partial charge < -0.3 is 19.6 Å². The van der Waals surface area contributed by atoms with Crippen LogP contribution >= 0.6 is 27.5 Å². The molecule has 31 heavy (non-hydrogen) atoms. The van der Waals surface area contributed by atoms with Crippen LogP contribution in [-0.4, -0.2) is 57.7 Å². The Bertz CT molecular complexity index is 1050. The summed E-state index contributed by atoms with van der Waals surface area (Å²) in [7, 11) is 0. The summed E-state index contributed by atoms with van der Waals surface area (Å²) in [5.74, 6) is -0.601. The van der Waals surface area contributed by atoms with Gasteiger partial charge >= 0.3 is 12.1 Å². The Kier molecular flexibility index (Phi) is 6.61. The van der Waals surface area contributed by atoms with Crippen molar-refractivity contribution in [3.05, 3.63) is 27.2 Å². The van der Waals surface area contributed by atoms with Gasteiger partial charge in [0.1, 0.15) is 11.3 Å². The van der Waals surface area contributed by atoms with Crippen molar-refractivity contribution < 1.29 is 23.8 Å². The number of carbonyl (C=O) groups is 2. The number of nitrogens with zero attached hydrogens (tertiary/aromatic N) is 4. The number of aromatic nitrogens is 2. The van der Waals surface area contributed by atoms with Crippen molar-refractivity contribution in [2.75, 3.05) is 24.5 Å². The third-order valence-corrected chi connectivity index (χ3v) is 6.48. The van der Waals surface area contributed by atoms with E-state index < -0.39 is 17.9 Å². The predicted molar refractivity (Wildman–Crippen MR) is 118 cm³/mol. The molecule has 3 rings (SSSR count). The molecule has 1 aromatic carbocycles. The van der Waals surface area contributed by atoms with E-state index in [0.717, 1.165) is 0 Å². The lowest BCUT2D eigenvalue weighted by atomic mass is 9.84. The van der Waals surface area contributed by atoms with Crippen LogP contribution in [0.25, 0.3) is 10.9 Å². The maximum atomic E-state index is 15.0. The zero-order valence-corrected chi connectivity index (χ0v) is 19.9. The topological polar surface area (TPSA) is 95.9 Å². The van der Waals surface area contributed by atoms with Crippen LogP contribution in [0.5, 0.6) is 0 Å². The lowest BCUT2D eigenvalue weighted by molar-refractivity contribution is -0.142. The van der Waals surface area contributed by atoms with E-state index >= 15 is 0 Å². The lowest BCUT2D eigenvalue weighted by Crippen LogP contribution is -2.59. The molecule has 2 heterocycles. The van der Waals surface area contributed by atoms with Crippen LogP contribution in [0.4, 0.5) is 15.0 Å². The molecule has 1 atom stereocenters. The second kappa shape index (κ2) is 8.74. The molecule has 1 unspecified atom stereocenters. The number of piperazine rings is 1. The summed E-state index contributed by atoms with van der Waals surface area (Å²) in [6, 6.07) is 1.25. The van der Waals surface area contributed by atoms with Crippen LogP contribution in [0.1, 0.15) is 33.5 Å². The number of fused-ring (bicyclic) bond motifs is 1. The average Bonchev–Trinajstić information content (AvgIpc) is 2.69. The van der Waals surface area contributed by atoms with Gasteiger partial charge in [0.25, 0.3) is 0 Å². The smallest absolute Gasteiger partial charge is 0.407 e. The van der Waals surface area contributed by atoms with Gasteiger partial charge in [-0.05, 0) is 27.4 Å². The lowest BCUT2D eigenvalue weighted by Gasteiger charge is -2.46. The van der Waals surface area contributed by atoms with Gasteiger partial charge in [0.05, 0.1) is 15.5 Å². The summed E-state index contributed by atoms with van der Waals surface area (Å²) in [4.78, 5) is 35.1. The number of esters is 1. The highest BCUT2D eigenvalue weighted by molar-refractivity contribution is 9.10. The quantitative estimate of drug-likeness (QED) is 0.474. The molecule has 0 radical (unpaired) electrons. The number of carboxylic acid groups (broad SMARTS) is 1. The number of hydrogen-bond acceptors (Lipinski definition) is 6. The molecule has 168 valence electrons. The number of carbonyl (C=O) groups excluding carboxylic acids is 1. The Morgan fingerprint density at radius 1 is 1.35 bits per heavy atom. The molecule has 0 saturated carbocycles. The van der Waals surface area contributed by atoms with E-state index in [2.05, 4.69) is 25.9 Å². The van der Waals surface area contributed by atoms with Crippen LogP contribution in [0, 0.1) is 11.2 Å². The van der Waals surface area contributed by atoms with Crippen molar-refractivity contribution in [2.24, 2.45) is 5.41 Å². The fourth-order valence-corrected chi connectivity index (χ4v) is 4.11. The van der Waals surface area contributed by atoms with E-state index in [9.17, 15) is 19.1 Å². The number of halogens is 3. The highest BCUT2D eigenvalue weighted by Crippen LogP contribution is 2.37. The second-order valence-electron chi connectivity index (χ2n) is 8.43. The number of amides is 1. The fraction of sp³-hybridized carbons (Fsp3) is 0.500. The molecule has 8 nitrogen and oxygen atoms in total. The number of anilines is 1. The normalized spacial score (nSPS) is 17.2. The monoisotopic (exact) mass is 516 g/mol. The highest BCUT2D eigenvalue weighted by Gasteiger charge is 2.39. The summed E-state index contributed by atoms with van der Waals surface area (Å²) in [6.45, 7) is 7.92. The van der Waals surface area contributed by atoms with Crippen molar-refractivity contribution in [1.29, 1.82) is 0 Å². The molecule has 1 aliphatic rings. The summed E-state index contributed by atoms with van der Waals surface area (Å²) in [5, 5.41) is 10.2. The van der Waals surface area contributed by atoms with Crippen LogP contribution < -0.4 is 4.90 Å². The molecule has 11 heteroatoms. The van der Waals surface area contributed by atoms with Crippen molar-refractivity contribution in [3.63, 3.8) is 0 Å². The van der Waals surface area contributed by atoms with E-state index in [1.165, 1.54) is 11.8 Å². The first-order chi connectivity index (χ1) is 14.4. The van der Waals surface area contributed by atoms with Gasteiger partial charge in [-0.25, -0.2) is 19.2 Å². The van der Waals surface area contributed by atoms with Crippen molar-refractivity contribution in [1.82, 2.24) is 14.9 Å². The molecule has 1 amide bonds. The summed E-state index contributed by atoms with van der Waals surface area (Å²) >= 11 is 9.32. The Labute approximate surface area is 192 Å². The highest BCUT2D eigenvalue weighted by atomic mass is 79.9. The van der Waals surface area contributed by atoms with E-state index in [1.807, 2.05) is 25.7 Å². The first kappa shape index (κ1) is 23.5. The van der Waals surface area contributed by atoms with Gasteiger partial charge in [0.2, 0.25) is 0 Å². The maximum absolute atomic E-state index is 15.0. The number of rotatable bonds is 3. The molecule has 0 aliphatic carbocycles. The zero-order chi connectivity index (χ0) is 23.1. The van der Waals surface area contributed by atoms with Gasteiger partial charge in [-0.3, -0.25) is 4.79 Å². The minimum absolute atomic E-state index is 0.0383. The summed E-state index contributed by atoms with van der Waals surface area (Å²) < 4.78 is 20.1. The van der Waals surface area contributed by atoms with E-state index in [4.69, 9.17) is 16.3 Å². The molecular weight excluding hydrogens is 495 g/mol. The Morgan fingerprint density at radius 2 is 2.03 bits per heavy atom. The Morgan fingerprint density at radius 3 is 2.61 bits per heavy atom. The van der Waals surface area contributed by atoms with Gasteiger partial charge in [-0.2, -0.15) is 0 Å². The molecule has 1 fully saturated rings. The third-order valence-electron chi connectivity index (χ3n) is 5.18. The Balaban J connectivity index is 2.13. The van der Waals surface area contributed by atoms with E-state index in [0.29, 0.717) is 24.3 Å². The van der Waals surface area contributed by atoms with Crippen LogP contribution in [-0.2, 0) is 16.1 Å². The number of hydrogen-bond donors (Lipinski definition) is 1. The third kappa shape index (κ3) is 4.85. The van der Waals surface area contributed by atoms with Gasteiger partial charge in [0.15, 0.2) is 18.2 Å². The largest absolute Gasteiger partial charge is 0.465 e. The molecule has 1 aromatic heterocycles.